The van der Waals surface area contributed by atoms with Crippen molar-refractivity contribution in [3.8, 4) is 0 Å². The summed E-state index contributed by atoms with van der Waals surface area (Å²) in [6.45, 7) is 3.81. The molecule has 3 rings (SSSR count). The van der Waals surface area contributed by atoms with Gasteiger partial charge in [-0.15, -0.1) is 4.68 Å². The third-order valence-electron chi connectivity index (χ3n) is 3.14. The monoisotopic (exact) mass is 254 g/mol. The van der Waals surface area contributed by atoms with Crippen LogP contribution in [0.1, 0.15) is 25.5 Å². The number of hydrogen-bond donors (Lipinski definition) is 0. The number of benzene rings is 1. The normalized spacial score (nSPS) is 19.2. The van der Waals surface area contributed by atoms with Crippen LogP contribution in [-0.2, 0) is 6.18 Å². The van der Waals surface area contributed by atoms with E-state index in [1.807, 2.05) is 19.9 Å². The Bertz CT molecular complexity index is 667. The third-order valence-corrected chi connectivity index (χ3v) is 3.14. The Kier molecular flexibility index (Phi) is 2.09. The fourth-order valence-electron chi connectivity index (χ4n) is 2.35. The molecular formula is C12H11F3N3+. The quantitative estimate of drug-likeness (QED) is 0.662. The standard InChI is InChI=1S/C12H11F3N3/c1-7-5-8(2)18-16-10-4-3-9(12(13,14)15)6-11(10)17(7)18/h3-7H,1-2H3/q+1. The highest BCUT2D eigenvalue weighted by Gasteiger charge is 2.35. The topological polar surface area (TPSA) is 21.7 Å². The minimum atomic E-state index is -4.33. The number of allylic oxidation sites excluding steroid dienone is 2. The van der Waals surface area contributed by atoms with Crippen LogP contribution in [0.3, 0.4) is 0 Å². The molecule has 18 heavy (non-hydrogen) atoms. The average molecular weight is 254 g/mol. The lowest BCUT2D eigenvalue weighted by atomic mass is 10.2. The molecule has 1 atom stereocenters. The van der Waals surface area contributed by atoms with E-state index in [-0.39, 0.29) is 6.04 Å². The number of alkyl halides is 3. The summed E-state index contributed by atoms with van der Waals surface area (Å²) in [4.78, 5) is 1.65. The highest BCUT2D eigenvalue weighted by atomic mass is 19.4. The fourth-order valence-corrected chi connectivity index (χ4v) is 2.35. The van der Waals surface area contributed by atoms with Gasteiger partial charge in [0.25, 0.3) is 0 Å². The van der Waals surface area contributed by atoms with Crippen molar-refractivity contribution >= 4 is 16.7 Å². The van der Waals surface area contributed by atoms with E-state index in [2.05, 4.69) is 5.10 Å². The highest BCUT2D eigenvalue weighted by Crippen LogP contribution is 2.31. The van der Waals surface area contributed by atoms with Gasteiger partial charge in [0, 0.05) is 6.07 Å². The molecule has 0 saturated carbocycles. The molecule has 94 valence electrons. The molecule has 0 N–H and O–H groups in total. The molecule has 0 bridgehead atoms. The second-order valence-corrected chi connectivity index (χ2v) is 4.48. The summed E-state index contributed by atoms with van der Waals surface area (Å²) < 4.78 is 39.9. The van der Waals surface area contributed by atoms with E-state index in [1.54, 1.807) is 9.48 Å². The van der Waals surface area contributed by atoms with Crippen molar-refractivity contribution in [2.24, 2.45) is 0 Å². The first-order valence-electron chi connectivity index (χ1n) is 5.58. The van der Waals surface area contributed by atoms with Crippen molar-refractivity contribution in [1.29, 1.82) is 0 Å². The van der Waals surface area contributed by atoms with E-state index in [1.165, 1.54) is 6.07 Å². The molecule has 1 aromatic heterocycles. The molecule has 1 aromatic carbocycles. The van der Waals surface area contributed by atoms with Crippen LogP contribution in [0.5, 0.6) is 0 Å². The van der Waals surface area contributed by atoms with Crippen molar-refractivity contribution < 1.29 is 17.9 Å². The molecule has 2 aromatic rings. The third kappa shape index (κ3) is 1.45. The minimum Gasteiger partial charge on any atom is -0.166 e. The van der Waals surface area contributed by atoms with Crippen LogP contribution < -0.4 is 4.68 Å². The summed E-state index contributed by atoms with van der Waals surface area (Å²) in [5.74, 6) is 0. The number of hydrogen-bond acceptors (Lipinski definition) is 1. The van der Waals surface area contributed by atoms with E-state index < -0.39 is 11.7 Å². The predicted octanol–water partition coefficient (Wildman–Crippen LogP) is 2.78. The van der Waals surface area contributed by atoms with Gasteiger partial charge in [0.1, 0.15) is 11.7 Å². The van der Waals surface area contributed by atoms with Crippen LogP contribution in [-0.4, -0.2) is 9.90 Å². The van der Waals surface area contributed by atoms with Gasteiger partial charge in [-0.1, -0.05) is 0 Å². The Labute approximate surface area is 101 Å². The van der Waals surface area contributed by atoms with E-state index in [4.69, 9.17) is 0 Å². The number of aromatic nitrogens is 3. The minimum absolute atomic E-state index is 0.0125. The number of nitrogens with zero attached hydrogens (tertiary/aromatic N) is 3. The van der Waals surface area contributed by atoms with Crippen LogP contribution >= 0.6 is 0 Å². The van der Waals surface area contributed by atoms with Gasteiger partial charge in [-0.05, 0) is 36.9 Å². The average Bonchev–Trinajstić information content (AvgIpc) is 2.76. The second-order valence-electron chi connectivity index (χ2n) is 4.48. The lowest BCUT2D eigenvalue weighted by molar-refractivity contribution is -0.751. The molecule has 0 spiro atoms. The molecule has 1 aliphatic rings. The van der Waals surface area contributed by atoms with Gasteiger partial charge >= 0.3 is 6.18 Å². The molecule has 0 amide bonds. The van der Waals surface area contributed by atoms with Crippen LogP contribution in [0.2, 0.25) is 0 Å². The molecule has 3 nitrogen and oxygen atoms in total. The Morgan fingerprint density at radius 3 is 2.72 bits per heavy atom. The Morgan fingerprint density at radius 2 is 2.06 bits per heavy atom. The second kappa shape index (κ2) is 3.34. The molecule has 1 aliphatic heterocycles. The van der Waals surface area contributed by atoms with Gasteiger partial charge in [-0.2, -0.15) is 13.2 Å². The number of fused-ring (bicyclic) bond motifs is 3. The van der Waals surface area contributed by atoms with Crippen molar-refractivity contribution in [3.05, 3.63) is 29.8 Å². The SMILES string of the molecule is CC1=CC(C)[n+]2c3cc(C(F)(F)F)ccc3nn21. The molecule has 0 radical (unpaired) electrons. The van der Waals surface area contributed by atoms with Gasteiger partial charge in [0.2, 0.25) is 11.0 Å². The van der Waals surface area contributed by atoms with Crippen molar-refractivity contribution in [2.45, 2.75) is 26.1 Å². The maximum atomic E-state index is 12.7. The number of halogens is 3. The zero-order chi connectivity index (χ0) is 13.1. The first-order chi connectivity index (χ1) is 8.38. The summed E-state index contributed by atoms with van der Waals surface area (Å²) in [5.41, 5.74) is 1.36. The molecule has 6 heteroatoms. The lowest BCUT2D eigenvalue weighted by Crippen LogP contribution is -2.41. The van der Waals surface area contributed by atoms with E-state index in [0.29, 0.717) is 11.0 Å². The van der Waals surface area contributed by atoms with Crippen molar-refractivity contribution in [2.75, 3.05) is 0 Å². The summed E-state index contributed by atoms with van der Waals surface area (Å²) in [6.07, 6.45) is -2.36. The summed E-state index contributed by atoms with van der Waals surface area (Å²) in [7, 11) is 0. The fraction of sp³-hybridized carbons (Fsp3) is 0.333. The van der Waals surface area contributed by atoms with E-state index >= 15 is 0 Å². The predicted molar refractivity (Wildman–Crippen MR) is 59.6 cm³/mol. The zero-order valence-corrected chi connectivity index (χ0v) is 9.86. The van der Waals surface area contributed by atoms with Crippen LogP contribution in [0, 0.1) is 0 Å². The molecule has 2 heterocycles. The van der Waals surface area contributed by atoms with Gasteiger partial charge in [0.05, 0.1) is 10.7 Å². The smallest absolute Gasteiger partial charge is 0.166 e. The van der Waals surface area contributed by atoms with Crippen molar-refractivity contribution in [3.63, 3.8) is 0 Å². The first kappa shape index (κ1) is 11.3. The molecule has 0 aliphatic carbocycles. The Morgan fingerprint density at radius 1 is 1.33 bits per heavy atom. The highest BCUT2D eigenvalue weighted by molar-refractivity contribution is 5.72. The Balaban J connectivity index is 2.28. The maximum absolute atomic E-state index is 12.7. The van der Waals surface area contributed by atoms with Gasteiger partial charge in [0.15, 0.2) is 0 Å². The van der Waals surface area contributed by atoms with Crippen LogP contribution in [0.4, 0.5) is 13.2 Å². The first-order valence-corrected chi connectivity index (χ1v) is 5.58. The zero-order valence-electron chi connectivity index (χ0n) is 9.86. The van der Waals surface area contributed by atoms with Crippen LogP contribution in [0.15, 0.2) is 24.3 Å². The maximum Gasteiger partial charge on any atom is 0.416 e. The Hall–Kier alpha value is -1.85. The summed E-state index contributed by atoms with van der Waals surface area (Å²) >= 11 is 0. The molecule has 1 unspecified atom stereocenters. The molecule has 0 fully saturated rings. The van der Waals surface area contributed by atoms with E-state index in [0.717, 1.165) is 17.8 Å². The molecular weight excluding hydrogens is 243 g/mol. The number of rotatable bonds is 0. The van der Waals surface area contributed by atoms with Gasteiger partial charge in [-0.25, -0.2) is 0 Å². The molecule has 0 saturated heterocycles. The van der Waals surface area contributed by atoms with Gasteiger partial charge < -0.3 is 0 Å². The van der Waals surface area contributed by atoms with Crippen molar-refractivity contribution in [1.82, 2.24) is 9.90 Å². The summed E-state index contributed by atoms with van der Waals surface area (Å²) in [5, 5.41) is 4.29. The van der Waals surface area contributed by atoms with Gasteiger partial charge in [-0.3, -0.25) is 0 Å². The lowest BCUT2D eigenvalue weighted by Gasteiger charge is -2.05. The summed E-state index contributed by atoms with van der Waals surface area (Å²) in [6, 6.07) is 3.65. The van der Waals surface area contributed by atoms with E-state index in [9.17, 15) is 13.2 Å². The largest absolute Gasteiger partial charge is 0.416 e. The van der Waals surface area contributed by atoms with Crippen LogP contribution in [0.25, 0.3) is 16.7 Å².